The van der Waals surface area contributed by atoms with Gasteiger partial charge >= 0.3 is 6.18 Å². The molecule has 0 aromatic carbocycles. The maximum Gasteiger partial charge on any atom is 0.390 e. The molecule has 21 heavy (non-hydrogen) atoms. The van der Waals surface area contributed by atoms with E-state index < -0.39 is 28.7 Å². The number of hydrogen-bond acceptors (Lipinski definition) is 4. The highest BCUT2D eigenvalue weighted by Gasteiger charge is 2.32. The monoisotopic (exact) mass is 321 g/mol. The molecule has 1 unspecified atom stereocenters. The minimum absolute atomic E-state index is 0.0951. The molecule has 1 heterocycles. The number of nitrogens with zero attached hydrogens (tertiary/aromatic N) is 1. The van der Waals surface area contributed by atoms with Crippen LogP contribution in [-0.2, 0) is 10.0 Å². The molecule has 0 aliphatic heterocycles. The summed E-state index contributed by atoms with van der Waals surface area (Å²) in [5.41, 5.74) is 5.51. The minimum atomic E-state index is -4.45. The van der Waals surface area contributed by atoms with Gasteiger partial charge in [-0.3, -0.25) is 4.98 Å². The number of nitrogens with one attached hydrogen (secondary N) is 1. The molecule has 1 aromatic rings. The van der Waals surface area contributed by atoms with Crippen molar-refractivity contribution in [2.24, 2.45) is 5.73 Å². The van der Waals surface area contributed by atoms with Gasteiger partial charge in [0.15, 0.2) is 0 Å². The van der Waals surface area contributed by atoms with Crippen LogP contribution in [0.5, 0.6) is 0 Å². The van der Waals surface area contributed by atoms with Gasteiger partial charge in [0.1, 0.15) is 4.90 Å². The van der Waals surface area contributed by atoms with E-state index in [0.29, 0.717) is 5.56 Å². The van der Waals surface area contributed by atoms with Crippen LogP contribution in [0.15, 0.2) is 23.4 Å². The van der Waals surface area contributed by atoms with E-state index in [2.05, 4.69) is 16.8 Å². The molecule has 0 aliphatic carbocycles. The predicted molar refractivity (Wildman–Crippen MR) is 70.6 cm³/mol. The van der Waals surface area contributed by atoms with Gasteiger partial charge in [0, 0.05) is 24.0 Å². The lowest BCUT2D eigenvalue weighted by Crippen LogP contribution is -2.36. The highest BCUT2D eigenvalue weighted by molar-refractivity contribution is 7.89. The molecule has 0 bridgehead atoms. The molecule has 0 amide bonds. The summed E-state index contributed by atoms with van der Waals surface area (Å²) >= 11 is 0. The molecule has 1 rings (SSSR count). The van der Waals surface area contributed by atoms with Crippen LogP contribution in [0, 0.1) is 11.8 Å². The van der Waals surface area contributed by atoms with Crippen LogP contribution in [0.1, 0.15) is 18.9 Å². The Kier molecular flexibility index (Phi) is 5.71. The van der Waals surface area contributed by atoms with E-state index in [4.69, 9.17) is 5.73 Å². The van der Waals surface area contributed by atoms with Gasteiger partial charge < -0.3 is 5.73 Å². The normalized spacial score (nSPS) is 13.4. The first-order valence-corrected chi connectivity index (χ1v) is 7.35. The SMILES string of the molecule is CC(CC(F)(F)F)NS(=O)(=O)c1cncc(C#CCN)c1. The van der Waals surface area contributed by atoms with Crippen molar-refractivity contribution in [1.82, 2.24) is 9.71 Å². The summed E-state index contributed by atoms with van der Waals surface area (Å²) in [6, 6.07) is -0.0630. The standard InChI is InChI=1S/C12H14F3N3O2S/c1-9(6-12(13,14)15)18-21(19,20)11-5-10(3-2-4-16)7-17-8-11/h5,7-9,18H,4,6,16H2,1H3. The van der Waals surface area contributed by atoms with Gasteiger partial charge in [-0.15, -0.1) is 0 Å². The van der Waals surface area contributed by atoms with Crippen LogP contribution in [0.25, 0.3) is 0 Å². The fraction of sp³-hybridized carbons (Fsp3) is 0.417. The van der Waals surface area contributed by atoms with Crippen molar-refractivity contribution in [3.63, 3.8) is 0 Å². The summed E-state index contributed by atoms with van der Waals surface area (Å²) in [5, 5.41) is 0. The second-order valence-corrected chi connectivity index (χ2v) is 5.97. The second-order valence-electron chi connectivity index (χ2n) is 4.26. The van der Waals surface area contributed by atoms with Crippen molar-refractivity contribution in [1.29, 1.82) is 0 Å². The van der Waals surface area contributed by atoms with E-state index in [1.54, 1.807) is 0 Å². The Morgan fingerprint density at radius 1 is 1.43 bits per heavy atom. The number of hydrogen-bond donors (Lipinski definition) is 2. The molecule has 0 aliphatic rings. The smallest absolute Gasteiger partial charge is 0.320 e. The van der Waals surface area contributed by atoms with Gasteiger partial charge in [-0.1, -0.05) is 11.8 Å². The lowest BCUT2D eigenvalue weighted by Gasteiger charge is -2.15. The lowest BCUT2D eigenvalue weighted by atomic mass is 10.2. The zero-order valence-corrected chi connectivity index (χ0v) is 11.9. The maximum absolute atomic E-state index is 12.2. The van der Waals surface area contributed by atoms with Gasteiger partial charge in [0.25, 0.3) is 0 Å². The number of pyridine rings is 1. The van der Waals surface area contributed by atoms with E-state index in [-0.39, 0.29) is 11.4 Å². The summed E-state index contributed by atoms with van der Waals surface area (Å²) in [4.78, 5) is 3.45. The molecule has 0 saturated heterocycles. The average molecular weight is 321 g/mol. The fourth-order valence-corrected chi connectivity index (χ4v) is 2.74. The lowest BCUT2D eigenvalue weighted by molar-refractivity contribution is -0.137. The van der Waals surface area contributed by atoms with Crippen molar-refractivity contribution < 1.29 is 21.6 Å². The van der Waals surface area contributed by atoms with Gasteiger partial charge in [-0.25, -0.2) is 13.1 Å². The largest absolute Gasteiger partial charge is 0.390 e. The Labute approximate surface area is 120 Å². The molecule has 0 saturated carbocycles. The zero-order chi connectivity index (χ0) is 16.1. The average Bonchev–Trinajstić information content (AvgIpc) is 2.33. The van der Waals surface area contributed by atoms with Crippen LogP contribution in [0.3, 0.4) is 0 Å². The maximum atomic E-state index is 12.2. The Morgan fingerprint density at radius 2 is 2.10 bits per heavy atom. The van der Waals surface area contributed by atoms with Crippen LogP contribution in [0.4, 0.5) is 13.2 Å². The molecule has 1 aromatic heterocycles. The molecule has 0 spiro atoms. The molecule has 0 fully saturated rings. The third-order valence-electron chi connectivity index (χ3n) is 2.25. The zero-order valence-electron chi connectivity index (χ0n) is 11.1. The fourth-order valence-electron chi connectivity index (χ4n) is 1.51. The van der Waals surface area contributed by atoms with Gasteiger partial charge in [0.05, 0.1) is 13.0 Å². The van der Waals surface area contributed by atoms with Gasteiger partial charge in [-0.05, 0) is 13.0 Å². The Morgan fingerprint density at radius 3 is 2.67 bits per heavy atom. The summed E-state index contributed by atoms with van der Waals surface area (Å²) in [6.45, 7) is 1.23. The molecule has 3 N–H and O–H groups in total. The first-order valence-electron chi connectivity index (χ1n) is 5.87. The van der Waals surface area contributed by atoms with E-state index >= 15 is 0 Å². The van der Waals surface area contributed by atoms with E-state index in [0.717, 1.165) is 13.1 Å². The molecule has 1 atom stereocenters. The van der Waals surface area contributed by atoms with Crippen LogP contribution < -0.4 is 10.5 Å². The predicted octanol–water partition coefficient (Wildman–Crippen LogP) is 1.01. The second kappa shape index (κ2) is 6.89. The summed E-state index contributed by atoms with van der Waals surface area (Å²) in [5.74, 6) is 5.13. The summed E-state index contributed by atoms with van der Waals surface area (Å²) < 4.78 is 62.5. The first kappa shape index (κ1) is 17.4. The highest BCUT2D eigenvalue weighted by atomic mass is 32.2. The topological polar surface area (TPSA) is 85.1 Å². The van der Waals surface area contributed by atoms with Crippen molar-refractivity contribution in [3.05, 3.63) is 24.0 Å². The van der Waals surface area contributed by atoms with Crippen LogP contribution >= 0.6 is 0 Å². The van der Waals surface area contributed by atoms with Crippen molar-refractivity contribution >= 4 is 10.0 Å². The van der Waals surface area contributed by atoms with E-state index in [1.807, 2.05) is 4.72 Å². The molecular formula is C12H14F3N3O2S. The number of nitrogens with two attached hydrogens (primary N) is 1. The minimum Gasteiger partial charge on any atom is -0.320 e. The molecule has 5 nitrogen and oxygen atoms in total. The molecular weight excluding hydrogens is 307 g/mol. The quantitative estimate of drug-likeness (QED) is 0.811. The number of halogens is 3. The third-order valence-corrected chi connectivity index (χ3v) is 3.81. The summed E-state index contributed by atoms with van der Waals surface area (Å²) in [6.07, 6.45) is -3.34. The molecule has 0 radical (unpaired) electrons. The van der Waals surface area contributed by atoms with Gasteiger partial charge in [-0.2, -0.15) is 13.2 Å². The van der Waals surface area contributed by atoms with Crippen molar-refractivity contribution in [2.75, 3.05) is 6.54 Å². The van der Waals surface area contributed by atoms with Crippen LogP contribution in [0.2, 0.25) is 0 Å². The Bertz CT molecular complexity index is 648. The number of alkyl halides is 3. The summed E-state index contributed by atoms with van der Waals surface area (Å²) in [7, 11) is -4.09. The van der Waals surface area contributed by atoms with Crippen molar-refractivity contribution in [2.45, 2.75) is 30.5 Å². The van der Waals surface area contributed by atoms with E-state index in [1.165, 1.54) is 12.3 Å². The number of sulfonamides is 1. The third kappa shape index (κ3) is 6.12. The van der Waals surface area contributed by atoms with Crippen molar-refractivity contribution in [3.8, 4) is 11.8 Å². The van der Waals surface area contributed by atoms with E-state index in [9.17, 15) is 21.6 Å². The Hall–Kier alpha value is -1.63. The first-order chi connectivity index (χ1) is 9.64. The molecule has 116 valence electrons. The number of rotatable bonds is 4. The van der Waals surface area contributed by atoms with Gasteiger partial charge in [0.2, 0.25) is 10.0 Å². The van der Waals surface area contributed by atoms with Crippen LogP contribution in [-0.4, -0.2) is 32.2 Å². The number of aromatic nitrogens is 1. The highest BCUT2D eigenvalue weighted by Crippen LogP contribution is 2.22. The molecule has 9 heteroatoms. The Balaban J connectivity index is 2.93.